The monoisotopic (exact) mass is 324 g/mol. The highest BCUT2D eigenvalue weighted by Gasteiger charge is 2.29. The van der Waals surface area contributed by atoms with Crippen molar-refractivity contribution in [1.29, 1.82) is 0 Å². The Kier molecular flexibility index (Phi) is 4.46. The fraction of sp³-hybridized carbons (Fsp3) is 0.278. The summed E-state index contributed by atoms with van der Waals surface area (Å²) in [6.45, 7) is 6.70. The number of hydrogen-bond acceptors (Lipinski definition) is 4. The molecule has 3 heterocycles. The summed E-state index contributed by atoms with van der Waals surface area (Å²) in [5, 5.41) is 3.19. The molecule has 0 radical (unpaired) electrons. The molecule has 1 aliphatic heterocycles. The van der Waals surface area contributed by atoms with E-state index in [4.69, 9.17) is 0 Å². The second-order valence-electron chi connectivity index (χ2n) is 5.82. The van der Waals surface area contributed by atoms with Crippen LogP contribution in [0.1, 0.15) is 12.5 Å². The van der Waals surface area contributed by atoms with Crippen molar-refractivity contribution in [3.05, 3.63) is 59.2 Å². The number of nitrogens with zero attached hydrogens (tertiary/aromatic N) is 2. The van der Waals surface area contributed by atoms with Crippen molar-refractivity contribution in [3.63, 3.8) is 0 Å². The van der Waals surface area contributed by atoms with Crippen LogP contribution in [0.15, 0.2) is 48.0 Å². The molecule has 3 rings (SSSR count). The van der Waals surface area contributed by atoms with E-state index in [2.05, 4.69) is 28.8 Å². The minimum atomic E-state index is -0.182. The Labute approximate surface area is 140 Å². The van der Waals surface area contributed by atoms with E-state index in [-0.39, 0.29) is 17.5 Å². The SMILES string of the molecule is C=CC(=O)N1CC(Nc2cc(-c3cc(CC)ccn3)c[nH]c2=O)C1. The van der Waals surface area contributed by atoms with Crippen LogP contribution in [0, 0.1) is 0 Å². The van der Waals surface area contributed by atoms with Crippen molar-refractivity contribution < 1.29 is 4.79 Å². The summed E-state index contributed by atoms with van der Waals surface area (Å²) in [4.78, 5) is 32.3. The molecule has 0 saturated carbocycles. The molecule has 124 valence electrons. The molecule has 0 aliphatic carbocycles. The minimum absolute atomic E-state index is 0.0696. The van der Waals surface area contributed by atoms with Gasteiger partial charge < -0.3 is 15.2 Å². The lowest BCUT2D eigenvalue weighted by Crippen LogP contribution is -2.56. The number of aryl methyl sites for hydroxylation is 1. The molecule has 6 nitrogen and oxygen atoms in total. The highest BCUT2D eigenvalue weighted by Crippen LogP contribution is 2.20. The third-order valence-corrected chi connectivity index (χ3v) is 4.16. The minimum Gasteiger partial charge on any atom is -0.374 e. The van der Waals surface area contributed by atoms with Crippen LogP contribution in [0.25, 0.3) is 11.3 Å². The smallest absolute Gasteiger partial charge is 0.271 e. The van der Waals surface area contributed by atoms with Gasteiger partial charge in [-0.25, -0.2) is 0 Å². The van der Waals surface area contributed by atoms with Gasteiger partial charge in [0, 0.05) is 31.0 Å². The lowest BCUT2D eigenvalue weighted by atomic mass is 10.1. The van der Waals surface area contributed by atoms with Crippen LogP contribution in [0.5, 0.6) is 0 Å². The summed E-state index contributed by atoms with van der Waals surface area (Å²) in [6, 6.07) is 5.87. The van der Waals surface area contributed by atoms with Gasteiger partial charge in [-0.05, 0) is 36.3 Å². The molecule has 0 spiro atoms. The standard InChI is InChI=1S/C18H20N4O2/c1-3-12-5-6-19-15(7-12)13-8-16(18(24)20-9-13)21-14-10-22(11-14)17(23)4-2/h4-9,14,21H,2-3,10-11H2,1H3,(H,20,24). The number of aromatic amines is 1. The van der Waals surface area contributed by atoms with Crippen LogP contribution in [-0.4, -0.2) is 39.9 Å². The number of carbonyl (C=O) groups is 1. The van der Waals surface area contributed by atoms with Gasteiger partial charge in [0.25, 0.3) is 5.56 Å². The first-order valence-electron chi connectivity index (χ1n) is 7.96. The molecule has 2 aromatic rings. The van der Waals surface area contributed by atoms with Crippen LogP contribution in [0.3, 0.4) is 0 Å². The summed E-state index contributed by atoms with van der Waals surface area (Å²) >= 11 is 0. The highest BCUT2D eigenvalue weighted by atomic mass is 16.2. The average Bonchev–Trinajstić information content (AvgIpc) is 2.58. The van der Waals surface area contributed by atoms with Crippen LogP contribution >= 0.6 is 0 Å². The molecule has 0 aromatic carbocycles. The van der Waals surface area contributed by atoms with E-state index in [1.54, 1.807) is 23.4 Å². The number of rotatable bonds is 5. The summed E-state index contributed by atoms with van der Waals surface area (Å²) in [6.07, 6.45) is 5.68. The van der Waals surface area contributed by atoms with E-state index in [1.165, 1.54) is 11.6 Å². The van der Waals surface area contributed by atoms with Crippen molar-refractivity contribution in [2.45, 2.75) is 19.4 Å². The van der Waals surface area contributed by atoms with Crippen LogP contribution in [0.4, 0.5) is 5.69 Å². The molecule has 6 heteroatoms. The van der Waals surface area contributed by atoms with Crippen LogP contribution in [-0.2, 0) is 11.2 Å². The Hall–Kier alpha value is -2.89. The molecular formula is C18H20N4O2. The van der Waals surface area contributed by atoms with E-state index >= 15 is 0 Å². The van der Waals surface area contributed by atoms with Crippen LogP contribution < -0.4 is 10.9 Å². The Morgan fingerprint density at radius 2 is 2.29 bits per heavy atom. The van der Waals surface area contributed by atoms with Crippen molar-refractivity contribution in [3.8, 4) is 11.3 Å². The second kappa shape index (κ2) is 6.70. The number of pyridine rings is 2. The van der Waals surface area contributed by atoms with Gasteiger partial charge in [0.2, 0.25) is 5.91 Å². The van der Waals surface area contributed by atoms with Crippen LogP contribution in [0.2, 0.25) is 0 Å². The van der Waals surface area contributed by atoms with E-state index in [9.17, 15) is 9.59 Å². The van der Waals surface area contributed by atoms with Gasteiger partial charge in [0.05, 0.1) is 11.7 Å². The zero-order chi connectivity index (χ0) is 17.1. The normalized spacial score (nSPS) is 14.1. The fourth-order valence-corrected chi connectivity index (χ4v) is 2.69. The molecule has 1 fully saturated rings. The quantitative estimate of drug-likeness (QED) is 0.822. The maximum Gasteiger partial charge on any atom is 0.271 e. The first-order valence-corrected chi connectivity index (χ1v) is 7.96. The Balaban J connectivity index is 1.76. The topological polar surface area (TPSA) is 78.1 Å². The summed E-state index contributed by atoms with van der Waals surface area (Å²) in [7, 11) is 0. The first-order chi connectivity index (χ1) is 11.6. The van der Waals surface area contributed by atoms with Gasteiger partial charge in [-0.1, -0.05) is 13.5 Å². The molecule has 24 heavy (non-hydrogen) atoms. The van der Waals surface area contributed by atoms with E-state index < -0.39 is 0 Å². The molecule has 0 unspecified atom stereocenters. The molecule has 2 aromatic heterocycles. The number of amides is 1. The van der Waals surface area contributed by atoms with Crippen molar-refractivity contribution >= 4 is 11.6 Å². The molecule has 1 aliphatic rings. The Bertz CT molecular complexity index is 822. The van der Waals surface area contributed by atoms with E-state index in [1.807, 2.05) is 12.1 Å². The summed E-state index contributed by atoms with van der Waals surface area (Å²) < 4.78 is 0. The molecule has 1 saturated heterocycles. The van der Waals surface area contributed by atoms with Gasteiger partial charge in [0.15, 0.2) is 0 Å². The average molecular weight is 324 g/mol. The number of H-pyrrole nitrogens is 1. The van der Waals surface area contributed by atoms with Gasteiger partial charge in [0.1, 0.15) is 5.69 Å². The lowest BCUT2D eigenvalue weighted by Gasteiger charge is -2.39. The molecule has 2 N–H and O–H groups in total. The number of carbonyl (C=O) groups excluding carboxylic acids is 1. The Morgan fingerprint density at radius 3 is 3.00 bits per heavy atom. The fourth-order valence-electron chi connectivity index (χ4n) is 2.69. The van der Waals surface area contributed by atoms with E-state index in [0.29, 0.717) is 18.8 Å². The molecule has 0 atom stereocenters. The summed E-state index contributed by atoms with van der Waals surface area (Å²) in [5.74, 6) is -0.0868. The number of likely N-dealkylation sites (tertiary alicyclic amines) is 1. The maximum absolute atomic E-state index is 12.0. The lowest BCUT2D eigenvalue weighted by molar-refractivity contribution is -0.129. The molecule has 0 bridgehead atoms. The number of nitrogens with one attached hydrogen (secondary N) is 2. The Morgan fingerprint density at radius 1 is 1.50 bits per heavy atom. The molecular weight excluding hydrogens is 304 g/mol. The maximum atomic E-state index is 12.0. The third-order valence-electron chi connectivity index (χ3n) is 4.16. The van der Waals surface area contributed by atoms with Gasteiger partial charge in [-0.2, -0.15) is 0 Å². The predicted octanol–water partition coefficient (Wildman–Crippen LogP) is 1.81. The van der Waals surface area contributed by atoms with Crippen molar-refractivity contribution in [2.24, 2.45) is 0 Å². The summed E-state index contributed by atoms with van der Waals surface area (Å²) in [5.41, 5.74) is 3.18. The van der Waals surface area contributed by atoms with E-state index in [0.717, 1.165) is 17.7 Å². The van der Waals surface area contributed by atoms with Gasteiger partial charge >= 0.3 is 0 Å². The van der Waals surface area contributed by atoms with Crippen molar-refractivity contribution in [2.75, 3.05) is 18.4 Å². The highest BCUT2D eigenvalue weighted by molar-refractivity contribution is 5.87. The van der Waals surface area contributed by atoms with Gasteiger partial charge in [-0.3, -0.25) is 14.6 Å². The van der Waals surface area contributed by atoms with Crippen molar-refractivity contribution in [1.82, 2.24) is 14.9 Å². The zero-order valence-electron chi connectivity index (χ0n) is 13.6. The largest absolute Gasteiger partial charge is 0.374 e. The number of anilines is 1. The predicted molar refractivity (Wildman–Crippen MR) is 93.9 cm³/mol. The first kappa shape index (κ1) is 16.0. The zero-order valence-corrected chi connectivity index (χ0v) is 13.6. The van der Waals surface area contributed by atoms with Gasteiger partial charge in [-0.15, -0.1) is 0 Å². The third kappa shape index (κ3) is 3.22. The number of aromatic nitrogens is 2. The number of hydrogen-bond donors (Lipinski definition) is 2. The molecule has 1 amide bonds. The second-order valence-corrected chi connectivity index (χ2v) is 5.82.